The predicted molar refractivity (Wildman–Crippen MR) is 68.3 cm³/mol. The monoisotopic (exact) mass is 253 g/mol. The highest BCUT2D eigenvalue weighted by Gasteiger charge is 2.09. The molecule has 0 atom stereocenters. The number of hydrogen-bond acceptors (Lipinski definition) is 3. The maximum absolute atomic E-state index is 5.74. The summed E-state index contributed by atoms with van der Waals surface area (Å²) in [5.41, 5.74) is 1.94. The molecule has 4 heteroatoms. The zero-order valence-corrected chi connectivity index (χ0v) is 10.5. The number of alkyl halides is 1. The summed E-state index contributed by atoms with van der Waals surface area (Å²) in [6.45, 7) is 2.63. The molecular weight excluding hydrogens is 242 g/mol. The molecule has 0 saturated heterocycles. The predicted octanol–water partition coefficient (Wildman–Crippen LogP) is 3.95. The van der Waals surface area contributed by atoms with Gasteiger partial charge in [0.05, 0.1) is 23.7 Å². The number of hydrogen-bond donors (Lipinski definition) is 0. The molecule has 1 aromatic heterocycles. The maximum Gasteiger partial charge on any atom is 0.129 e. The Morgan fingerprint density at radius 3 is 2.88 bits per heavy atom. The van der Waals surface area contributed by atoms with Crippen molar-refractivity contribution in [1.29, 1.82) is 0 Å². The highest BCUT2D eigenvalue weighted by atomic mass is 35.5. The fourth-order valence-electron chi connectivity index (χ4n) is 1.42. The van der Waals surface area contributed by atoms with Crippen molar-refractivity contribution in [1.82, 2.24) is 4.98 Å². The molecule has 1 aromatic carbocycles. The molecule has 0 amide bonds. The van der Waals surface area contributed by atoms with E-state index in [0.29, 0.717) is 12.5 Å². The van der Waals surface area contributed by atoms with Gasteiger partial charge in [-0.3, -0.25) is 0 Å². The smallest absolute Gasteiger partial charge is 0.129 e. The summed E-state index contributed by atoms with van der Waals surface area (Å²) in [4.78, 5) is 4.45. The van der Waals surface area contributed by atoms with Gasteiger partial charge in [0.2, 0.25) is 0 Å². The minimum absolute atomic E-state index is 0.452. The van der Waals surface area contributed by atoms with Gasteiger partial charge >= 0.3 is 0 Å². The average Bonchev–Trinajstić information content (AvgIpc) is 2.79. The van der Waals surface area contributed by atoms with Gasteiger partial charge in [0, 0.05) is 5.38 Å². The van der Waals surface area contributed by atoms with Crippen molar-refractivity contribution in [3.8, 4) is 16.3 Å². The number of para-hydroxylation sites is 1. The van der Waals surface area contributed by atoms with Crippen LogP contribution in [0, 0.1) is 0 Å². The molecule has 0 bridgehead atoms. The first kappa shape index (κ1) is 11.4. The summed E-state index contributed by atoms with van der Waals surface area (Å²) in [7, 11) is 0. The minimum atomic E-state index is 0.452. The third-order valence-corrected chi connectivity index (χ3v) is 3.30. The van der Waals surface area contributed by atoms with Crippen LogP contribution in [0.25, 0.3) is 10.6 Å². The molecule has 0 spiro atoms. The van der Waals surface area contributed by atoms with Gasteiger partial charge in [-0.2, -0.15) is 0 Å². The summed E-state index contributed by atoms with van der Waals surface area (Å²) < 4.78 is 5.57. The van der Waals surface area contributed by atoms with Crippen molar-refractivity contribution in [3.05, 3.63) is 35.3 Å². The first-order valence-corrected chi connectivity index (χ1v) is 6.49. The lowest BCUT2D eigenvalue weighted by Crippen LogP contribution is -1.93. The van der Waals surface area contributed by atoms with Crippen LogP contribution < -0.4 is 4.74 Å². The highest BCUT2D eigenvalue weighted by molar-refractivity contribution is 7.13. The van der Waals surface area contributed by atoms with Gasteiger partial charge in [-0.25, -0.2) is 4.98 Å². The number of aromatic nitrogens is 1. The van der Waals surface area contributed by atoms with Crippen LogP contribution in [0.2, 0.25) is 0 Å². The van der Waals surface area contributed by atoms with E-state index in [2.05, 4.69) is 4.98 Å². The summed E-state index contributed by atoms with van der Waals surface area (Å²) in [6.07, 6.45) is 0. The fourth-order valence-corrected chi connectivity index (χ4v) is 2.49. The van der Waals surface area contributed by atoms with Crippen molar-refractivity contribution in [3.63, 3.8) is 0 Å². The van der Waals surface area contributed by atoms with Crippen LogP contribution in [-0.2, 0) is 5.88 Å². The Hall–Kier alpha value is -1.06. The van der Waals surface area contributed by atoms with E-state index >= 15 is 0 Å². The molecule has 0 radical (unpaired) electrons. The van der Waals surface area contributed by atoms with Crippen LogP contribution >= 0.6 is 22.9 Å². The maximum atomic E-state index is 5.74. The van der Waals surface area contributed by atoms with E-state index in [-0.39, 0.29) is 0 Å². The van der Waals surface area contributed by atoms with E-state index in [4.69, 9.17) is 16.3 Å². The van der Waals surface area contributed by atoms with E-state index < -0.39 is 0 Å². The van der Waals surface area contributed by atoms with Gasteiger partial charge in [-0.05, 0) is 19.1 Å². The molecule has 0 N–H and O–H groups in total. The number of rotatable bonds is 4. The molecule has 84 valence electrons. The molecule has 2 rings (SSSR count). The Morgan fingerprint density at radius 1 is 1.38 bits per heavy atom. The largest absolute Gasteiger partial charge is 0.493 e. The Kier molecular flexibility index (Phi) is 3.80. The number of thiazole rings is 1. The Bertz CT molecular complexity index is 470. The molecule has 0 aliphatic heterocycles. The van der Waals surface area contributed by atoms with E-state index in [1.165, 1.54) is 0 Å². The number of benzene rings is 1. The van der Waals surface area contributed by atoms with Crippen molar-refractivity contribution < 1.29 is 4.74 Å². The summed E-state index contributed by atoms with van der Waals surface area (Å²) in [5.74, 6) is 1.33. The lowest BCUT2D eigenvalue weighted by molar-refractivity contribution is 0.341. The van der Waals surface area contributed by atoms with Crippen LogP contribution in [0.3, 0.4) is 0 Å². The number of ether oxygens (including phenoxy) is 1. The zero-order valence-electron chi connectivity index (χ0n) is 8.94. The van der Waals surface area contributed by atoms with Crippen LogP contribution in [0.4, 0.5) is 0 Å². The van der Waals surface area contributed by atoms with Crippen LogP contribution in [0.1, 0.15) is 12.6 Å². The fraction of sp³-hybridized carbons (Fsp3) is 0.250. The van der Waals surface area contributed by atoms with Gasteiger partial charge in [-0.15, -0.1) is 22.9 Å². The average molecular weight is 254 g/mol. The molecule has 0 unspecified atom stereocenters. The van der Waals surface area contributed by atoms with Crippen molar-refractivity contribution in [2.24, 2.45) is 0 Å². The molecule has 0 aliphatic carbocycles. The molecular formula is C12H12ClNOS. The van der Waals surface area contributed by atoms with E-state index in [1.54, 1.807) is 11.3 Å². The molecule has 0 saturated carbocycles. The van der Waals surface area contributed by atoms with Gasteiger partial charge in [0.1, 0.15) is 10.8 Å². The van der Waals surface area contributed by atoms with Crippen molar-refractivity contribution in [2.75, 3.05) is 6.61 Å². The second-order valence-corrected chi connectivity index (χ2v) is 4.33. The Morgan fingerprint density at radius 2 is 2.19 bits per heavy atom. The first-order valence-electron chi connectivity index (χ1n) is 5.07. The summed E-state index contributed by atoms with van der Waals surface area (Å²) in [6, 6.07) is 7.92. The first-order chi connectivity index (χ1) is 7.85. The topological polar surface area (TPSA) is 22.1 Å². The van der Waals surface area contributed by atoms with Gasteiger partial charge in [0.15, 0.2) is 0 Å². The second-order valence-electron chi connectivity index (χ2n) is 3.21. The molecule has 1 heterocycles. The third kappa shape index (κ3) is 2.36. The zero-order chi connectivity index (χ0) is 11.4. The van der Waals surface area contributed by atoms with Crippen LogP contribution in [-0.4, -0.2) is 11.6 Å². The van der Waals surface area contributed by atoms with Gasteiger partial charge < -0.3 is 4.74 Å². The lowest BCUT2D eigenvalue weighted by Gasteiger charge is -2.07. The van der Waals surface area contributed by atoms with Gasteiger partial charge in [0.25, 0.3) is 0 Å². The third-order valence-electron chi connectivity index (χ3n) is 2.11. The van der Waals surface area contributed by atoms with Crippen molar-refractivity contribution in [2.45, 2.75) is 12.8 Å². The summed E-state index contributed by atoms with van der Waals surface area (Å²) in [5, 5.41) is 2.94. The van der Waals surface area contributed by atoms with E-state index in [1.807, 2.05) is 36.6 Å². The normalized spacial score (nSPS) is 10.4. The van der Waals surface area contributed by atoms with Crippen molar-refractivity contribution >= 4 is 22.9 Å². The van der Waals surface area contributed by atoms with E-state index in [0.717, 1.165) is 22.0 Å². The Balaban J connectivity index is 2.38. The van der Waals surface area contributed by atoms with E-state index in [9.17, 15) is 0 Å². The molecule has 0 fully saturated rings. The SMILES string of the molecule is CCOc1ccccc1-c1nc(CCl)cs1. The highest BCUT2D eigenvalue weighted by Crippen LogP contribution is 2.32. The van der Waals surface area contributed by atoms with Crippen LogP contribution in [0.15, 0.2) is 29.6 Å². The standard InChI is InChI=1S/C12H12ClNOS/c1-2-15-11-6-4-3-5-10(11)12-14-9(7-13)8-16-12/h3-6,8H,2,7H2,1H3. The quantitative estimate of drug-likeness (QED) is 0.770. The lowest BCUT2D eigenvalue weighted by atomic mass is 10.2. The molecule has 2 aromatic rings. The molecule has 16 heavy (non-hydrogen) atoms. The Labute approximate surface area is 104 Å². The molecule has 0 aliphatic rings. The number of nitrogens with zero attached hydrogens (tertiary/aromatic N) is 1. The van der Waals surface area contributed by atoms with Gasteiger partial charge in [-0.1, -0.05) is 12.1 Å². The number of halogens is 1. The van der Waals surface area contributed by atoms with Crippen LogP contribution in [0.5, 0.6) is 5.75 Å². The molecule has 2 nitrogen and oxygen atoms in total. The second kappa shape index (κ2) is 5.32. The summed E-state index contributed by atoms with van der Waals surface area (Å²) >= 11 is 7.33. The minimum Gasteiger partial charge on any atom is -0.493 e.